The van der Waals surface area contributed by atoms with Gasteiger partial charge in [0.2, 0.25) is 0 Å². The quantitative estimate of drug-likeness (QED) is 0.732. The van der Waals surface area contributed by atoms with E-state index in [0.717, 1.165) is 32.5 Å². The predicted molar refractivity (Wildman–Crippen MR) is 75.4 cm³/mol. The van der Waals surface area contributed by atoms with Crippen LogP contribution >= 0.6 is 0 Å². The Labute approximate surface area is 116 Å². The fraction of sp³-hybridized carbons (Fsp3) is 0.929. The van der Waals surface area contributed by atoms with Crippen LogP contribution in [0, 0.1) is 0 Å². The van der Waals surface area contributed by atoms with Gasteiger partial charge in [-0.1, -0.05) is 0 Å². The smallest absolute Gasteiger partial charge is 0.324 e. The van der Waals surface area contributed by atoms with Gasteiger partial charge in [0, 0.05) is 25.7 Å². The first kappa shape index (κ1) is 16.4. The third-order valence-corrected chi connectivity index (χ3v) is 3.48. The van der Waals surface area contributed by atoms with Crippen LogP contribution in [0.3, 0.4) is 0 Å². The summed E-state index contributed by atoms with van der Waals surface area (Å²) in [5.41, 5.74) is -0.901. The first-order valence-electron chi connectivity index (χ1n) is 7.22. The van der Waals surface area contributed by atoms with Crippen LogP contribution in [0.5, 0.6) is 0 Å². The van der Waals surface area contributed by atoms with Crippen LogP contribution in [0.1, 0.15) is 40.5 Å². The van der Waals surface area contributed by atoms with Crippen LogP contribution in [-0.4, -0.2) is 59.9 Å². The third kappa shape index (κ3) is 5.09. The van der Waals surface area contributed by atoms with Crippen LogP contribution in [0.15, 0.2) is 0 Å². The van der Waals surface area contributed by atoms with Crippen LogP contribution < -0.4 is 5.32 Å². The van der Waals surface area contributed by atoms with E-state index in [1.54, 1.807) is 6.92 Å². The molecule has 5 nitrogen and oxygen atoms in total. The van der Waals surface area contributed by atoms with E-state index in [1.807, 2.05) is 20.8 Å². The van der Waals surface area contributed by atoms with Crippen molar-refractivity contribution in [1.82, 2.24) is 10.2 Å². The summed E-state index contributed by atoms with van der Waals surface area (Å²) in [6.07, 6.45) is 2.39. The Morgan fingerprint density at radius 2 is 2.26 bits per heavy atom. The van der Waals surface area contributed by atoms with E-state index in [0.29, 0.717) is 6.54 Å². The Morgan fingerprint density at radius 1 is 1.58 bits per heavy atom. The highest BCUT2D eigenvalue weighted by atomic mass is 16.5. The van der Waals surface area contributed by atoms with Crippen LogP contribution in [-0.2, 0) is 9.53 Å². The average molecular weight is 272 g/mol. The molecule has 5 heteroatoms. The van der Waals surface area contributed by atoms with Crippen molar-refractivity contribution in [3.05, 3.63) is 0 Å². The summed E-state index contributed by atoms with van der Waals surface area (Å²) in [4.78, 5) is 13.7. The number of rotatable bonds is 7. The van der Waals surface area contributed by atoms with Crippen molar-refractivity contribution < 1.29 is 14.6 Å². The van der Waals surface area contributed by atoms with E-state index in [-0.39, 0.29) is 12.1 Å². The van der Waals surface area contributed by atoms with Gasteiger partial charge in [-0.2, -0.15) is 0 Å². The Balaban J connectivity index is 2.61. The molecule has 2 N–H and O–H groups in total. The fourth-order valence-electron chi connectivity index (χ4n) is 2.79. The lowest BCUT2D eigenvalue weighted by atomic mass is 9.98. The molecule has 2 unspecified atom stereocenters. The first-order valence-corrected chi connectivity index (χ1v) is 7.22. The molecule has 0 bridgehead atoms. The van der Waals surface area contributed by atoms with Gasteiger partial charge < -0.3 is 9.84 Å². The van der Waals surface area contributed by atoms with Gasteiger partial charge in [0.15, 0.2) is 0 Å². The van der Waals surface area contributed by atoms with Gasteiger partial charge in [-0.05, 0) is 47.1 Å². The molecule has 1 saturated heterocycles. The highest BCUT2D eigenvalue weighted by Gasteiger charge is 2.36. The highest BCUT2D eigenvalue weighted by Crippen LogP contribution is 2.17. The molecule has 1 fully saturated rings. The van der Waals surface area contributed by atoms with E-state index >= 15 is 0 Å². The molecule has 0 saturated carbocycles. The van der Waals surface area contributed by atoms with Crippen molar-refractivity contribution in [3.8, 4) is 0 Å². The standard InChI is InChI=1S/C14H28N2O3/c1-5-19-12-7-6-8-16(9-12)10-14(4,13(17)18)15-11(2)3/h11-12,15H,5-10H2,1-4H3,(H,17,18). The van der Waals surface area contributed by atoms with E-state index < -0.39 is 11.5 Å². The fourth-order valence-corrected chi connectivity index (χ4v) is 2.79. The van der Waals surface area contributed by atoms with Gasteiger partial charge in [0.05, 0.1) is 6.10 Å². The number of hydrogen-bond acceptors (Lipinski definition) is 4. The summed E-state index contributed by atoms with van der Waals surface area (Å²) in [6.45, 7) is 10.7. The van der Waals surface area contributed by atoms with Crippen LogP contribution in [0.25, 0.3) is 0 Å². The second-order valence-electron chi connectivity index (χ2n) is 5.89. The zero-order valence-electron chi connectivity index (χ0n) is 12.6. The molecule has 1 rings (SSSR count). The van der Waals surface area contributed by atoms with Gasteiger partial charge in [0.1, 0.15) is 5.54 Å². The van der Waals surface area contributed by atoms with E-state index in [4.69, 9.17) is 4.74 Å². The average Bonchev–Trinajstić information content (AvgIpc) is 2.28. The molecule has 1 heterocycles. The van der Waals surface area contributed by atoms with Crippen LogP contribution in [0.2, 0.25) is 0 Å². The monoisotopic (exact) mass is 272 g/mol. The second-order valence-corrected chi connectivity index (χ2v) is 5.89. The van der Waals surface area contributed by atoms with E-state index in [2.05, 4.69) is 10.2 Å². The van der Waals surface area contributed by atoms with Crippen molar-refractivity contribution in [2.75, 3.05) is 26.2 Å². The van der Waals surface area contributed by atoms with Crippen molar-refractivity contribution in [2.45, 2.75) is 58.2 Å². The van der Waals surface area contributed by atoms with Gasteiger partial charge in [-0.15, -0.1) is 0 Å². The summed E-state index contributed by atoms with van der Waals surface area (Å²) < 4.78 is 5.66. The summed E-state index contributed by atoms with van der Waals surface area (Å²) in [5.74, 6) is -0.792. The summed E-state index contributed by atoms with van der Waals surface area (Å²) in [6, 6.07) is 0.147. The number of carboxylic acid groups (broad SMARTS) is 1. The second kappa shape index (κ2) is 7.22. The van der Waals surface area contributed by atoms with Crippen molar-refractivity contribution in [3.63, 3.8) is 0 Å². The molecule has 1 aliphatic rings. The minimum atomic E-state index is -0.901. The molecule has 0 spiro atoms. The number of ether oxygens (including phenoxy) is 1. The van der Waals surface area contributed by atoms with Gasteiger partial charge in [0.25, 0.3) is 0 Å². The largest absolute Gasteiger partial charge is 0.480 e. The zero-order chi connectivity index (χ0) is 14.5. The van der Waals surface area contributed by atoms with Gasteiger partial charge in [-0.3, -0.25) is 15.0 Å². The zero-order valence-corrected chi connectivity index (χ0v) is 12.6. The highest BCUT2D eigenvalue weighted by molar-refractivity contribution is 5.78. The molecule has 1 aliphatic heterocycles. The number of hydrogen-bond donors (Lipinski definition) is 2. The number of aliphatic carboxylic acids is 1. The molecular formula is C14H28N2O3. The number of nitrogens with zero attached hydrogens (tertiary/aromatic N) is 1. The van der Waals surface area contributed by atoms with Gasteiger partial charge in [-0.25, -0.2) is 0 Å². The van der Waals surface area contributed by atoms with Crippen molar-refractivity contribution in [1.29, 1.82) is 0 Å². The number of carboxylic acids is 1. The number of nitrogens with one attached hydrogen (secondary N) is 1. The number of piperidine rings is 1. The molecule has 0 aromatic rings. The Morgan fingerprint density at radius 3 is 2.79 bits per heavy atom. The lowest BCUT2D eigenvalue weighted by molar-refractivity contribution is -0.145. The maximum Gasteiger partial charge on any atom is 0.324 e. The maximum atomic E-state index is 11.5. The molecule has 0 radical (unpaired) electrons. The van der Waals surface area contributed by atoms with Gasteiger partial charge >= 0.3 is 5.97 Å². The molecule has 0 aromatic heterocycles. The lowest BCUT2D eigenvalue weighted by Crippen LogP contribution is -2.60. The minimum Gasteiger partial charge on any atom is -0.480 e. The van der Waals surface area contributed by atoms with E-state index in [1.165, 1.54) is 0 Å². The Kier molecular flexibility index (Phi) is 6.23. The molecule has 2 atom stereocenters. The Hall–Kier alpha value is -0.650. The van der Waals surface area contributed by atoms with Crippen molar-refractivity contribution >= 4 is 5.97 Å². The number of carbonyl (C=O) groups is 1. The van der Waals surface area contributed by atoms with Crippen molar-refractivity contribution in [2.24, 2.45) is 0 Å². The Bertz CT molecular complexity index is 294. The molecule has 0 aliphatic carbocycles. The normalized spacial score (nSPS) is 24.4. The third-order valence-electron chi connectivity index (χ3n) is 3.48. The maximum absolute atomic E-state index is 11.5. The minimum absolute atomic E-state index is 0.147. The predicted octanol–water partition coefficient (Wildman–Crippen LogP) is 1.33. The molecular weight excluding hydrogens is 244 g/mol. The lowest BCUT2D eigenvalue weighted by Gasteiger charge is -2.38. The molecule has 0 aromatic carbocycles. The van der Waals surface area contributed by atoms with E-state index in [9.17, 15) is 9.90 Å². The van der Waals surface area contributed by atoms with Crippen LogP contribution in [0.4, 0.5) is 0 Å². The molecule has 112 valence electrons. The molecule has 0 amide bonds. The summed E-state index contributed by atoms with van der Waals surface area (Å²) in [7, 11) is 0. The number of likely N-dealkylation sites (tertiary alicyclic amines) is 1. The molecule has 19 heavy (non-hydrogen) atoms. The first-order chi connectivity index (χ1) is 8.87. The SMILES string of the molecule is CCOC1CCCN(CC(C)(NC(C)C)C(=O)O)C1. The topological polar surface area (TPSA) is 61.8 Å². The summed E-state index contributed by atoms with van der Waals surface area (Å²) in [5, 5.41) is 12.6. The summed E-state index contributed by atoms with van der Waals surface area (Å²) >= 11 is 0.